The van der Waals surface area contributed by atoms with Crippen molar-refractivity contribution >= 4 is 11.9 Å². The average Bonchev–Trinajstić information content (AvgIpc) is 3.35. The lowest BCUT2D eigenvalue weighted by molar-refractivity contribution is -0.143. The van der Waals surface area contributed by atoms with Gasteiger partial charge in [-0.05, 0) is 57.8 Å². The van der Waals surface area contributed by atoms with Crippen molar-refractivity contribution < 1.29 is 24.5 Å². The molecule has 0 aromatic carbocycles. The number of ether oxygens (including phenoxy) is 1. The number of allylic oxidation sites excluding steroid dienone is 3. The topological polar surface area (TPSA) is 95.9 Å². The number of unbranched alkanes of at least 4 members (excludes halogenated alkanes) is 45. The number of aliphatic hydroxyl groups is 2. The number of carbonyl (C=O) groups is 2. The van der Waals surface area contributed by atoms with E-state index in [4.69, 9.17) is 4.74 Å². The number of esters is 1. The summed E-state index contributed by atoms with van der Waals surface area (Å²) in [5, 5.41) is 22.9. The number of aliphatic hydroxyl groups excluding tert-OH is 2. The minimum Gasteiger partial charge on any atom is -0.466 e. The normalized spacial score (nSPS) is 12.7. The Morgan fingerprint density at radius 2 is 0.681 bits per heavy atom. The zero-order valence-corrected chi connectivity index (χ0v) is 46.6. The highest BCUT2D eigenvalue weighted by Crippen LogP contribution is 2.18. The molecule has 6 heteroatoms. The van der Waals surface area contributed by atoms with Crippen LogP contribution in [0.4, 0.5) is 0 Å². The Balaban J connectivity index is 3.33. The monoisotopic (exact) mass is 972 g/mol. The van der Waals surface area contributed by atoms with Crippen molar-refractivity contribution in [3.63, 3.8) is 0 Å². The van der Waals surface area contributed by atoms with Crippen LogP contribution in [0.5, 0.6) is 0 Å². The van der Waals surface area contributed by atoms with E-state index in [2.05, 4.69) is 31.3 Å². The van der Waals surface area contributed by atoms with Gasteiger partial charge in [0.05, 0.1) is 25.4 Å². The molecule has 0 aliphatic carbocycles. The van der Waals surface area contributed by atoms with E-state index in [0.717, 1.165) is 44.9 Å². The van der Waals surface area contributed by atoms with Gasteiger partial charge in [0.25, 0.3) is 0 Å². The molecule has 0 rings (SSSR count). The summed E-state index contributed by atoms with van der Waals surface area (Å²) in [6.07, 6.45) is 72.4. The molecule has 1 amide bonds. The van der Waals surface area contributed by atoms with E-state index in [9.17, 15) is 19.8 Å². The van der Waals surface area contributed by atoms with Gasteiger partial charge in [0.2, 0.25) is 5.91 Å². The molecule has 0 aliphatic rings. The third kappa shape index (κ3) is 55.5. The second-order valence-corrected chi connectivity index (χ2v) is 21.4. The third-order valence-corrected chi connectivity index (χ3v) is 14.5. The minimum absolute atomic E-state index is 0.0132. The van der Waals surface area contributed by atoms with E-state index in [1.54, 1.807) is 6.08 Å². The van der Waals surface area contributed by atoms with Gasteiger partial charge < -0.3 is 20.3 Å². The van der Waals surface area contributed by atoms with Crippen LogP contribution < -0.4 is 5.32 Å². The quantitative estimate of drug-likeness (QED) is 0.0321. The maximum absolute atomic E-state index is 12.4. The third-order valence-electron chi connectivity index (χ3n) is 14.5. The lowest BCUT2D eigenvalue weighted by Gasteiger charge is -2.20. The Labute approximate surface area is 431 Å². The molecule has 0 saturated heterocycles. The zero-order chi connectivity index (χ0) is 50.0. The minimum atomic E-state index is -0.840. The molecule has 0 aliphatic heterocycles. The van der Waals surface area contributed by atoms with Crippen molar-refractivity contribution in [2.45, 2.75) is 353 Å². The molecule has 0 aromatic rings. The second kappa shape index (κ2) is 58.9. The first-order chi connectivity index (χ1) is 34.0. The van der Waals surface area contributed by atoms with Gasteiger partial charge in [0, 0.05) is 12.8 Å². The van der Waals surface area contributed by atoms with Crippen LogP contribution in [0.2, 0.25) is 0 Å². The molecule has 0 spiro atoms. The van der Waals surface area contributed by atoms with Crippen LogP contribution in [0.3, 0.4) is 0 Å². The van der Waals surface area contributed by atoms with Gasteiger partial charge in [0.15, 0.2) is 0 Å². The molecule has 6 nitrogen and oxygen atoms in total. The van der Waals surface area contributed by atoms with Gasteiger partial charge in [-0.2, -0.15) is 0 Å². The first-order valence-electron chi connectivity index (χ1n) is 31.1. The maximum Gasteiger partial charge on any atom is 0.305 e. The number of rotatable bonds is 58. The van der Waals surface area contributed by atoms with Crippen molar-refractivity contribution in [1.29, 1.82) is 0 Å². The van der Waals surface area contributed by atoms with Crippen LogP contribution in [0.1, 0.15) is 341 Å². The largest absolute Gasteiger partial charge is 0.466 e. The summed E-state index contributed by atoms with van der Waals surface area (Å²) in [6, 6.07) is -0.624. The van der Waals surface area contributed by atoms with E-state index in [0.29, 0.717) is 19.4 Å². The molecule has 3 N–H and O–H groups in total. The van der Waals surface area contributed by atoms with Crippen molar-refractivity contribution in [1.82, 2.24) is 5.32 Å². The highest BCUT2D eigenvalue weighted by molar-refractivity contribution is 5.76. The molecule has 0 bridgehead atoms. The van der Waals surface area contributed by atoms with E-state index in [-0.39, 0.29) is 18.5 Å². The molecule has 0 fully saturated rings. The fraction of sp³-hybridized carbons (Fsp3) is 0.905. The maximum atomic E-state index is 12.4. The van der Waals surface area contributed by atoms with Crippen molar-refractivity contribution in [2.75, 3.05) is 13.2 Å². The van der Waals surface area contributed by atoms with Gasteiger partial charge >= 0.3 is 5.97 Å². The first kappa shape index (κ1) is 67.3. The molecule has 0 aromatic heterocycles. The molecule has 69 heavy (non-hydrogen) atoms. The Bertz CT molecular complexity index is 1080. The van der Waals surface area contributed by atoms with Crippen molar-refractivity contribution in [3.8, 4) is 0 Å². The summed E-state index contributed by atoms with van der Waals surface area (Å²) in [7, 11) is 0. The number of nitrogens with one attached hydrogen (secondary N) is 1. The van der Waals surface area contributed by atoms with Crippen LogP contribution in [0, 0.1) is 0 Å². The van der Waals surface area contributed by atoms with E-state index >= 15 is 0 Å². The highest BCUT2D eigenvalue weighted by Gasteiger charge is 2.18. The lowest BCUT2D eigenvalue weighted by atomic mass is 10.0. The fourth-order valence-electron chi connectivity index (χ4n) is 9.69. The van der Waals surface area contributed by atoms with Crippen molar-refractivity contribution in [2.24, 2.45) is 0 Å². The SMILES string of the molecule is CCCCCCCCC/C=C\CCCCCCCCCC(=O)OCCCCCCCCCCCCCCCCCCCCCCCCCCCC(=O)NC(CO)C(O)/C=C/CCCCCCCCC. The number of hydrogen-bond donors (Lipinski definition) is 3. The van der Waals surface area contributed by atoms with Gasteiger partial charge in [-0.15, -0.1) is 0 Å². The summed E-state index contributed by atoms with van der Waals surface area (Å²) in [5.74, 6) is -0.0549. The fourth-order valence-corrected chi connectivity index (χ4v) is 9.69. The first-order valence-corrected chi connectivity index (χ1v) is 31.1. The lowest BCUT2D eigenvalue weighted by Crippen LogP contribution is -2.45. The highest BCUT2D eigenvalue weighted by atomic mass is 16.5. The Morgan fingerprint density at radius 1 is 0.391 bits per heavy atom. The summed E-state index contributed by atoms with van der Waals surface area (Å²) in [6.45, 7) is 4.89. The van der Waals surface area contributed by atoms with Crippen LogP contribution >= 0.6 is 0 Å². The second-order valence-electron chi connectivity index (χ2n) is 21.4. The van der Waals surface area contributed by atoms with Gasteiger partial charge in [-0.25, -0.2) is 0 Å². The Hall–Kier alpha value is -1.66. The van der Waals surface area contributed by atoms with Gasteiger partial charge in [-0.1, -0.05) is 295 Å². The van der Waals surface area contributed by atoms with E-state index in [1.165, 1.54) is 270 Å². The van der Waals surface area contributed by atoms with Crippen LogP contribution in [-0.4, -0.2) is 47.4 Å². The summed E-state index contributed by atoms with van der Waals surface area (Å²) < 4.78 is 5.50. The number of amides is 1. The number of carbonyl (C=O) groups excluding carboxylic acids is 2. The van der Waals surface area contributed by atoms with E-state index in [1.807, 2.05) is 6.08 Å². The Kier molecular flexibility index (Phi) is 57.5. The predicted molar refractivity (Wildman–Crippen MR) is 301 cm³/mol. The molecule has 408 valence electrons. The standard InChI is InChI=1S/C63H121NO5/c1-3-5-7-9-11-13-14-15-16-17-28-31-34-37-41-45-49-53-57-63(68)69-58-54-50-46-42-38-35-32-29-26-24-22-20-18-19-21-23-25-27-30-33-36-40-44-48-52-56-62(67)64-60(59-65)61(66)55-51-47-43-39-12-10-8-6-4-2/h16-17,51,55,60-61,65-66H,3-15,18-50,52-54,56-59H2,1-2H3,(H,64,67)/b17-16-,55-51+. The summed E-state index contributed by atoms with van der Waals surface area (Å²) >= 11 is 0. The molecule has 2 atom stereocenters. The average molecular weight is 973 g/mol. The van der Waals surface area contributed by atoms with E-state index < -0.39 is 12.1 Å². The van der Waals surface area contributed by atoms with Crippen molar-refractivity contribution in [3.05, 3.63) is 24.3 Å². The molecule has 0 saturated carbocycles. The molecular weight excluding hydrogens is 851 g/mol. The molecule has 0 heterocycles. The Morgan fingerprint density at radius 3 is 1.03 bits per heavy atom. The van der Waals surface area contributed by atoms with Crippen LogP contribution in [-0.2, 0) is 14.3 Å². The summed E-state index contributed by atoms with van der Waals surface area (Å²) in [4.78, 5) is 24.5. The zero-order valence-electron chi connectivity index (χ0n) is 46.6. The molecule has 2 unspecified atom stereocenters. The molecular formula is C63H121NO5. The number of hydrogen-bond acceptors (Lipinski definition) is 5. The van der Waals surface area contributed by atoms with Gasteiger partial charge in [-0.3, -0.25) is 9.59 Å². The molecule has 0 radical (unpaired) electrons. The van der Waals surface area contributed by atoms with Crippen LogP contribution in [0.15, 0.2) is 24.3 Å². The smallest absolute Gasteiger partial charge is 0.305 e. The van der Waals surface area contributed by atoms with Crippen LogP contribution in [0.25, 0.3) is 0 Å². The van der Waals surface area contributed by atoms with Gasteiger partial charge in [0.1, 0.15) is 0 Å². The summed E-state index contributed by atoms with van der Waals surface area (Å²) in [5.41, 5.74) is 0. The predicted octanol–water partition coefficient (Wildman–Crippen LogP) is 19.4.